The first-order chi connectivity index (χ1) is 18.9. The zero-order valence-electron chi connectivity index (χ0n) is 22.1. The summed E-state index contributed by atoms with van der Waals surface area (Å²) in [4.78, 5) is 17.6. The van der Waals surface area contributed by atoms with Gasteiger partial charge in [0, 0.05) is 39.3 Å². The maximum Gasteiger partial charge on any atom is 0.246 e. The second kappa shape index (κ2) is 11.9. The zero-order chi connectivity index (χ0) is 27.4. The molecule has 0 unspecified atom stereocenters. The number of sulfonamides is 1. The number of benzene rings is 3. The SMILES string of the molecule is COc1ccc(F)cc1S(=O)(=O)N1CCC[C@@H](C(=O)N2CCN(C(c3ccccc3)c3ccccc3)CC2)C1. The summed E-state index contributed by atoms with van der Waals surface area (Å²) >= 11 is 0. The predicted molar refractivity (Wildman–Crippen MR) is 147 cm³/mol. The van der Waals surface area contributed by atoms with Gasteiger partial charge in [0.1, 0.15) is 16.5 Å². The van der Waals surface area contributed by atoms with Crippen LogP contribution in [0.25, 0.3) is 0 Å². The van der Waals surface area contributed by atoms with Crippen molar-refractivity contribution in [2.75, 3.05) is 46.4 Å². The Bertz CT molecular complexity index is 1340. The molecule has 7 nitrogen and oxygen atoms in total. The van der Waals surface area contributed by atoms with Gasteiger partial charge in [-0.1, -0.05) is 60.7 Å². The number of piperazine rings is 1. The van der Waals surface area contributed by atoms with E-state index in [0.29, 0.717) is 25.9 Å². The van der Waals surface area contributed by atoms with Gasteiger partial charge in [-0.3, -0.25) is 9.69 Å². The topological polar surface area (TPSA) is 70.2 Å². The smallest absolute Gasteiger partial charge is 0.246 e. The molecule has 2 fully saturated rings. The fourth-order valence-corrected chi connectivity index (χ4v) is 7.39. The highest BCUT2D eigenvalue weighted by Crippen LogP contribution is 2.32. The Balaban J connectivity index is 1.27. The average molecular weight is 552 g/mol. The van der Waals surface area contributed by atoms with Crippen LogP contribution in [-0.4, -0.2) is 74.8 Å². The summed E-state index contributed by atoms with van der Waals surface area (Å²) in [6.07, 6.45) is 1.19. The van der Waals surface area contributed by atoms with Crippen molar-refractivity contribution in [3.05, 3.63) is 95.8 Å². The number of ether oxygens (including phenoxy) is 1. The van der Waals surface area contributed by atoms with Gasteiger partial charge >= 0.3 is 0 Å². The van der Waals surface area contributed by atoms with Gasteiger partial charge in [0.15, 0.2) is 0 Å². The van der Waals surface area contributed by atoms with Crippen LogP contribution in [0, 0.1) is 11.7 Å². The van der Waals surface area contributed by atoms with Gasteiger partial charge in [-0.05, 0) is 42.2 Å². The van der Waals surface area contributed by atoms with Crippen LogP contribution in [0.4, 0.5) is 4.39 Å². The van der Waals surface area contributed by atoms with E-state index in [9.17, 15) is 17.6 Å². The summed E-state index contributed by atoms with van der Waals surface area (Å²) in [6.45, 7) is 2.96. The molecular weight excluding hydrogens is 517 g/mol. The molecule has 1 atom stereocenters. The molecule has 39 heavy (non-hydrogen) atoms. The van der Waals surface area contributed by atoms with Crippen LogP contribution in [0.1, 0.15) is 30.0 Å². The molecule has 5 rings (SSSR count). The normalized spacial score (nSPS) is 19.3. The Labute approximate surface area is 229 Å². The van der Waals surface area contributed by atoms with Gasteiger partial charge in [0.2, 0.25) is 15.9 Å². The van der Waals surface area contributed by atoms with Crippen LogP contribution in [0.5, 0.6) is 5.75 Å². The predicted octanol–water partition coefficient (Wildman–Crippen LogP) is 4.17. The number of rotatable bonds is 7. The van der Waals surface area contributed by atoms with Crippen LogP contribution < -0.4 is 4.74 Å². The molecule has 3 aromatic carbocycles. The molecule has 1 amide bonds. The molecule has 2 saturated heterocycles. The van der Waals surface area contributed by atoms with Gasteiger partial charge in [-0.15, -0.1) is 0 Å². The van der Waals surface area contributed by atoms with Crippen molar-refractivity contribution in [3.63, 3.8) is 0 Å². The quantitative estimate of drug-likeness (QED) is 0.441. The van der Waals surface area contributed by atoms with Crippen molar-refractivity contribution in [3.8, 4) is 5.75 Å². The largest absolute Gasteiger partial charge is 0.495 e. The van der Waals surface area contributed by atoms with Crippen LogP contribution >= 0.6 is 0 Å². The molecule has 0 aromatic heterocycles. The fourth-order valence-electron chi connectivity index (χ4n) is 5.70. The van der Waals surface area contributed by atoms with Crippen molar-refractivity contribution in [2.45, 2.75) is 23.8 Å². The highest BCUT2D eigenvalue weighted by atomic mass is 32.2. The van der Waals surface area contributed by atoms with Crippen molar-refractivity contribution < 1.29 is 22.3 Å². The minimum Gasteiger partial charge on any atom is -0.495 e. The van der Waals surface area contributed by atoms with Gasteiger partial charge in [0.05, 0.1) is 19.1 Å². The number of carbonyl (C=O) groups is 1. The summed E-state index contributed by atoms with van der Waals surface area (Å²) in [5.74, 6) is -1.01. The summed E-state index contributed by atoms with van der Waals surface area (Å²) in [7, 11) is -2.66. The Morgan fingerprint density at radius 1 is 0.897 bits per heavy atom. The Morgan fingerprint density at radius 3 is 2.10 bits per heavy atom. The number of methoxy groups -OCH3 is 1. The van der Waals surface area contributed by atoms with E-state index in [1.54, 1.807) is 0 Å². The minimum atomic E-state index is -4.02. The molecule has 2 heterocycles. The number of halogens is 1. The maximum atomic E-state index is 13.9. The monoisotopic (exact) mass is 551 g/mol. The molecular formula is C30H34FN3O4S. The summed E-state index contributed by atoms with van der Waals surface area (Å²) in [5, 5.41) is 0. The van der Waals surface area contributed by atoms with E-state index in [-0.39, 0.29) is 35.7 Å². The number of nitrogens with zero attached hydrogens (tertiary/aromatic N) is 3. The zero-order valence-corrected chi connectivity index (χ0v) is 22.9. The van der Waals surface area contributed by atoms with Crippen LogP contribution in [0.15, 0.2) is 83.8 Å². The number of hydrogen-bond acceptors (Lipinski definition) is 5. The summed E-state index contributed by atoms with van der Waals surface area (Å²) in [5.41, 5.74) is 2.42. The summed E-state index contributed by atoms with van der Waals surface area (Å²) in [6, 6.07) is 24.3. The molecule has 0 saturated carbocycles. The van der Waals surface area contributed by atoms with E-state index >= 15 is 0 Å². The third-order valence-corrected chi connectivity index (χ3v) is 9.58. The molecule has 2 aliphatic rings. The molecule has 0 bridgehead atoms. The molecule has 0 N–H and O–H groups in total. The number of carbonyl (C=O) groups excluding carboxylic acids is 1. The van der Waals surface area contributed by atoms with E-state index < -0.39 is 21.8 Å². The van der Waals surface area contributed by atoms with Gasteiger partial charge in [-0.2, -0.15) is 4.31 Å². The lowest BCUT2D eigenvalue weighted by Gasteiger charge is -2.41. The lowest BCUT2D eigenvalue weighted by atomic mass is 9.95. The van der Waals surface area contributed by atoms with Gasteiger partial charge < -0.3 is 9.64 Å². The molecule has 9 heteroatoms. The lowest BCUT2D eigenvalue weighted by molar-refractivity contribution is -0.138. The van der Waals surface area contributed by atoms with Gasteiger partial charge in [0.25, 0.3) is 0 Å². The van der Waals surface area contributed by atoms with Crippen molar-refractivity contribution in [1.29, 1.82) is 0 Å². The molecule has 0 radical (unpaired) electrons. The van der Waals surface area contributed by atoms with Crippen molar-refractivity contribution in [1.82, 2.24) is 14.1 Å². The lowest BCUT2D eigenvalue weighted by Crippen LogP contribution is -2.53. The molecule has 0 aliphatic carbocycles. The molecule has 206 valence electrons. The second-order valence-corrected chi connectivity index (χ2v) is 12.0. The highest BCUT2D eigenvalue weighted by Gasteiger charge is 2.37. The van der Waals surface area contributed by atoms with E-state index in [4.69, 9.17) is 4.74 Å². The van der Waals surface area contributed by atoms with E-state index in [1.807, 2.05) is 41.3 Å². The van der Waals surface area contributed by atoms with Gasteiger partial charge in [-0.25, -0.2) is 12.8 Å². The third kappa shape index (κ3) is 5.85. The number of piperidine rings is 1. The van der Waals surface area contributed by atoms with Crippen LogP contribution in [0.3, 0.4) is 0 Å². The minimum absolute atomic E-state index is 0.0169. The average Bonchev–Trinajstić information content (AvgIpc) is 2.98. The number of amides is 1. The van der Waals surface area contributed by atoms with E-state index in [0.717, 1.165) is 19.2 Å². The molecule has 0 spiro atoms. The fraction of sp³-hybridized carbons (Fsp3) is 0.367. The first-order valence-corrected chi connectivity index (χ1v) is 14.8. The maximum absolute atomic E-state index is 13.9. The molecule has 2 aliphatic heterocycles. The molecule has 3 aromatic rings. The first-order valence-electron chi connectivity index (χ1n) is 13.3. The Hall–Kier alpha value is -3.27. The Kier molecular flexibility index (Phi) is 8.30. The van der Waals surface area contributed by atoms with Crippen molar-refractivity contribution in [2.24, 2.45) is 5.92 Å². The standard InChI is InChI=1S/C30H34FN3O4S/c1-38-27-15-14-26(31)21-28(27)39(36,37)34-16-8-13-25(22-34)30(35)33-19-17-32(18-20-33)29(23-9-4-2-5-10-23)24-11-6-3-7-12-24/h2-7,9-12,14-15,21,25,29H,8,13,16-20,22H2,1H3/t25-/m1/s1. The second-order valence-electron chi connectivity index (χ2n) is 10.1. The van der Waals surface area contributed by atoms with E-state index in [2.05, 4.69) is 29.2 Å². The van der Waals surface area contributed by atoms with E-state index in [1.165, 1.54) is 34.7 Å². The highest BCUT2D eigenvalue weighted by molar-refractivity contribution is 7.89. The first kappa shape index (κ1) is 27.3. The summed E-state index contributed by atoms with van der Waals surface area (Å²) < 4.78 is 47.2. The third-order valence-electron chi connectivity index (χ3n) is 7.70. The van der Waals surface area contributed by atoms with Crippen molar-refractivity contribution >= 4 is 15.9 Å². The van der Waals surface area contributed by atoms with Crippen LogP contribution in [0.2, 0.25) is 0 Å². The number of hydrogen-bond donors (Lipinski definition) is 0. The Morgan fingerprint density at radius 2 is 1.51 bits per heavy atom. The van der Waals surface area contributed by atoms with Crippen LogP contribution in [-0.2, 0) is 14.8 Å².